The van der Waals surface area contributed by atoms with Crippen molar-refractivity contribution in [3.05, 3.63) is 50.2 Å². The van der Waals surface area contributed by atoms with Gasteiger partial charge >= 0.3 is 0 Å². The average molecular weight is 343 g/mol. The van der Waals surface area contributed by atoms with Crippen molar-refractivity contribution in [2.24, 2.45) is 0 Å². The second-order valence-corrected chi connectivity index (χ2v) is 6.97. The van der Waals surface area contributed by atoms with Crippen molar-refractivity contribution < 1.29 is 4.39 Å². The molecule has 21 heavy (non-hydrogen) atoms. The lowest BCUT2D eigenvalue weighted by Crippen LogP contribution is -2.02. The van der Waals surface area contributed by atoms with Gasteiger partial charge in [0.2, 0.25) is 0 Å². The molecule has 110 valence electrons. The summed E-state index contributed by atoms with van der Waals surface area (Å²) in [5.74, 6) is 0.555. The summed E-state index contributed by atoms with van der Waals surface area (Å²) in [4.78, 5) is 6.93. The quantitative estimate of drug-likeness (QED) is 0.591. The Morgan fingerprint density at radius 3 is 2.67 bits per heavy atom. The molecule has 0 unspecified atom stereocenters. The molecule has 2 aromatic heterocycles. The zero-order chi connectivity index (χ0) is 15.1. The van der Waals surface area contributed by atoms with Gasteiger partial charge in [-0.3, -0.25) is 0 Å². The monoisotopic (exact) mass is 342 g/mol. The molecule has 0 N–H and O–H groups in total. The van der Waals surface area contributed by atoms with Crippen molar-refractivity contribution in [3.8, 4) is 0 Å². The van der Waals surface area contributed by atoms with E-state index in [0.29, 0.717) is 12.1 Å². The van der Waals surface area contributed by atoms with Gasteiger partial charge in [-0.05, 0) is 31.5 Å². The fourth-order valence-electron chi connectivity index (χ4n) is 2.33. The highest BCUT2D eigenvalue weighted by Crippen LogP contribution is 2.27. The molecule has 6 heteroatoms. The van der Waals surface area contributed by atoms with E-state index in [-0.39, 0.29) is 10.9 Å². The van der Waals surface area contributed by atoms with Crippen LogP contribution in [0.4, 0.5) is 4.39 Å². The van der Waals surface area contributed by atoms with Gasteiger partial charge in [-0.2, -0.15) is 0 Å². The fraction of sp³-hybridized carbons (Fsp3) is 0.267. The number of aryl methyl sites for hydroxylation is 2. The highest BCUT2D eigenvalue weighted by molar-refractivity contribution is 7.12. The Labute approximate surface area is 136 Å². The lowest BCUT2D eigenvalue weighted by molar-refractivity contribution is 0.628. The number of fused-ring (bicyclic) bond motifs is 1. The van der Waals surface area contributed by atoms with Crippen LogP contribution < -0.4 is 0 Å². The van der Waals surface area contributed by atoms with E-state index in [9.17, 15) is 4.39 Å². The predicted octanol–water partition coefficient (Wildman–Crippen LogP) is 5.29. The van der Waals surface area contributed by atoms with Crippen LogP contribution >= 0.6 is 34.5 Å². The number of rotatable bonds is 3. The molecule has 3 rings (SSSR count). The van der Waals surface area contributed by atoms with Crippen LogP contribution in [0.1, 0.15) is 21.1 Å². The number of alkyl halides is 1. The maximum Gasteiger partial charge on any atom is 0.144 e. The first-order valence-corrected chi connectivity index (χ1v) is 8.18. The molecule has 0 amide bonds. The average Bonchev–Trinajstić information content (AvgIpc) is 2.92. The van der Waals surface area contributed by atoms with E-state index in [2.05, 4.69) is 24.9 Å². The molecular weight excluding hydrogens is 330 g/mol. The van der Waals surface area contributed by atoms with Gasteiger partial charge in [0.15, 0.2) is 0 Å². The molecule has 2 heterocycles. The van der Waals surface area contributed by atoms with Gasteiger partial charge in [0.25, 0.3) is 0 Å². The van der Waals surface area contributed by atoms with Crippen molar-refractivity contribution in [1.82, 2.24) is 9.55 Å². The van der Waals surface area contributed by atoms with Gasteiger partial charge < -0.3 is 4.57 Å². The third-order valence-corrected chi connectivity index (χ3v) is 5.19. The molecule has 0 aliphatic rings. The van der Waals surface area contributed by atoms with E-state index in [1.807, 2.05) is 4.57 Å². The molecule has 1 aromatic carbocycles. The van der Waals surface area contributed by atoms with Crippen molar-refractivity contribution in [2.75, 3.05) is 0 Å². The Hall–Kier alpha value is -1.10. The summed E-state index contributed by atoms with van der Waals surface area (Å²) < 4.78 is 15.7. The van der Waals surface area contributed by atoms with E-state index in [0.717, 1.165) is 11.3 Å². The zero-order valence-electron chi connectivity index (χ0n) is 11.6. The molecule has 0 saturated carbocycles. The van der Waals surface area contributed by atoms with Crippen LogP contribution in [0.15, 0.2) is 18.2 Å². The summed E-state index contributed by atoms with van der Waals surface area (Å²) in [5.41, 5.74) is 2.65. The standard InChI is InChI=1S/C15H13Cl2FN2S/c1-8-3-10(21-9(8)2)7-20-14-5-12(18)11(17)4-13(14)19-15(20)6-16/h3-5H,6-7H2,1-2H3. The van der Waals surface area contributed by atoms with Crippen molar-refractivity contribution >= 4 is 45.6 Å². The first-order valence-electron chi connectivity index (χ1n) is 6.45. The third kappa shape index (κ3) is 2.68. The topological polar surface area (TPSA) is 17.8 Å². The number of hydrogen-bond donors (Lipinski definition) is 0. The van der Waals surface area contributed by atoms with Gasteiger partial charge in [0.1, 0.15) is 11.6 Å². The summed E-state index contributed by atoms with van der Waals surface area (Å²) in [6.45, 7) is 4.82. The second kappa shape index (κ2) is 5.59. The molecule has 0 radical (unpaired) electrons. The molecule has 0 aliphatic heterocycles. The van der Waals surface area contributed by atoms with Crippen LogP contribution in [-0.2, 0) is 12.4 Å². The van der Waals surface area contributed by atoms with E-state index in [4.69, 9.17) is 23.2 Å². The Balaban J connectivity index is 2.13. The second-order valence-electron chi connectivity index (χ2n) is 4.95. The number of thiophene rings is 1. The van der Waals surface area contributed by atoms with Crippen LogP contribution in [0, 0.1) is 19.7 Å². The smallest absolute Gasteiger partial charge is 0.144 e. The largest absolute Gasteiger partial charge is 0.322 e. The summed E-state index contributed by atoms with van der Waals surface area (Å²) >= 11 is 13.5. The Morgan fingerprint density at radius 2 is 2.05 bits per heavy atom. The molecule has 0 bridgehead atoms. The van der Waals surface area contributed by atoms with Gasteiger partial charge in [-0.15, -0.1) is 22.9 Å². The molecule has 2 nitrogen and oxygen atoms in total. The summed E-state index contributed by atoms with van der Waals surface area (Å²) in [5, 5.41) is 0.0797. The van der Waals surface area contributed by atoms with Gasteiger partial charge in [0, 0.05) is 15.8 Å². The Bertz CT molecular complexity index is 803. The van der Waals surface area contributed by atoms with E-state index < -0.39 is 5.82 Å². The van der Waals surface area contributed by atoms with Crippen molar-refractivity contribution in [1.29, 1.82) is 0 Å². The molecule has 3 aromatic rings. The van der Waals surface area contributed by atoms with Crippen LogP contribution in [0.25, 0.3) is 11.0 Å². The Morgan fingerprint density at radius 1 is 1.29 bits per heavy atom. The number of aromatic nitrogens is 2. The number of halogens is 3. The normalized spacial score (nSPS) is 11.5. The van der Waals surface area contributed by atoms with Crippen molar-refractivity contribution in [3.63, 3.8) is 0 Å². The summed E-state index contributed by atoms with van der Waals surface area (Å²) in [7, 11) is 0. The van der Waals surface area contributed by atoms with Crippen molar-refractivity contribution in [2.45, 2.75) is 26.3 Å². The highest BCUT2D eigenvalue weighted by atomic mass is 35.5. The molecule has 0 fully saturated rings. The van der Waals surface area contributed by atoms with Gasteiger partial charge in [0.05, 0.1) is 28.5 Å². The summed E-state index contributed by atoms with van der Waals surface area (Å²) in [6.07, 6.45) is 0. The van der Waals surface area contributed by atoms with Crippen LogP contribution in [-0.4, -0.2) is 9.55 Å². The lowest BCUT2D eigenvalue weighted by atomic mass is 10.2. The maximum atomic E-state index is 13.7. The SMILES string of the molecule is Cc1cc(Cn2c(CCl)nc3cc(Cl)c(F)cc32)sc1C. The van der Waals surface area contributed by atoms with E-state index >= 15 is 0 Å². The minimum Gasteiger partial charge on any atom is -0.322 e. The van der Waals surface area contributed by atoms with Crippen LogP contribution in [0.5, 0.6) is 0 Å². The summed E-state index contributed by atoms with van der Waals surface area (Å²) in [6, 6.07) is 5.12. The molecular formula is C15H13Cl2FN2S. The lowest BCUT2D eigenvalue weighted by Gasteiger charge is -2.06. The minimum absolute atomic E-state index is 0.0797. The minimum atomic E-state index is -0.440. The molecule has 0 aliphatic carbocycles. The van der Waals surface area contributed by atoms with Crippen LogP contribution in [0.3, 0.4) is 0 Å². The molecule has 0 atom stereocenters. The number of hydrogen-bond acceptors (Lipinski definition) is 2. The number of benzene rings is 1. The highest BCUT2D eigenvalue weighted by Gasteiger charge is 2.14. The fourth-order valence-corrected chi connectivity index (χ4v) is 3.74. The first kappa shape index (κ1) is 14.8. The van der Waals surface area contributed by atoms with E-state index in [1.54, 1.807) is 17.4 Å². The predicted molar refractivity (Wildman–Crippen MR) is 87.2 cm³/mol. The number of imidazole rings is 1. The maximum absolute atomic E-state index is 13.7. The van der Waals surface area contributed by atoms with Gasteiger partial charge in [-0.25, -0.2) is 9.37 Å². The molecule has 0 spiro atoms. The Kier molecular flexibility index (Phi) is 3.95. The van der Waals surface area contributed by atoms with Crippen LogP contribution in [0.2, 0.25) is 5.02 Å². The zero-order valence-corrected chi connectivity index (χ0v) is 13.9. The number of nitrogens with zero attached hydrogens (tertiary/aromatic N) is 2. The third-order valence-electron chi connectivity index (χ3n) is 3.52. The first-order chi connectivity index (χ1) is 9.99. The van der Waals surface area contributed by atoms with E-state index in [1.165, 1.54) is 21.4 Å². The van der Waals surface area contributed by atoms with Gasteiger partial charge in [-0.1, -0.05) is 11.6 Å². The molecule has 0 saturated heterocycles.